The van der Waals surface area contributed by atoms with Crippen molar-refractivity contribution in [2.75, 3.05) is 0 Å². The minimum absolute atomic E-state index is 0.724. The molecule has 0 N–H and O–H groups in total. The van der Waals surface area contributed by atoms with Crippen LogP contribution in [0.4, 0.5) is 0 Å². The predicted molar refractivity (Wildman–Crippen MR) is 115 cm³/mol. The third-order valence-corrected chi connectivity index (χ3v) is 6.73. The molecule has 1 nitrogen and oxygen atoms in total. The largest absolute Gasteiger partial charge is 0.348 e. The molecule has 2 fully saturated rings. The lowest BCUT2D eigenvalue weighted by atomic mass is 9.85. The minimum atomic E-state index is 0.724. The SMILES string of the molecule is CCc1c(Cc2ccccc2)c(CC(C)C)c(CC2CC2)n1CC1CCC1. The van der Waals surface area contributed by atoms with Crippen molar-refractivity contribution in [1.82, 2.24) is 4.57 Å². The van der Waals surface area contributed by atoms with Crippen molar-refractivity contribution in [3.8, 4) is 0 Å². The van der Waals surface area contributed by atoms with E-state index >= 15 is 0 Å². The molecule has 0 bridgehead atoms. The molecule has 1 heteroatoms. The van der Waals surface area contributed by atoms with E-state index in [1.165, 1.54) is 63.5 Å². The second-order valence-electron chi connectivity index (χ2n) is 9.52. The van der Waals surface area contributed by atoms with Crippen molar-refractivity contribution < 1.29 is 0 Å². The van der Waals surface area contributed by atoms with Crippen LogP contribution in [0.3, 0.4) is 0 Å². The molecule has 2 aromatic rings. The molecule has 1 aromatic carbocycles. The van der Waals surface area contributed by atoms with Crippen molar-refractivity contribution in [3.63, 3.8) is 0 Å². The summed E-state index contributed by atoms with van der Waals surface area (Å²) in [4.78, 5) is 0. The Morgan fingerprint density at radius 3 is 2.22 bits per heavy atom. The zero-order chi connectivity index (χ0) is 18.8. The summed E-state index contributed by atoms with van der Waals surface area (Å²) in [7, 11) is 0. The van der Waals surface area contributed by atoms with Gasteiger partial charge in [-0.3, -0.25) is 0 Å². The van der Waals surface area contributed by atoms with Crippen LogP contribution in [0.25, 0.3) is 0 Å². The van der Waals surface area contributed by atoms with E-state index in [0.717, 1.165) is 24.2 Å². The smallest absolute Gasteiger partial charge is 0.0253 e. The molecule has 2 saturated carbocycles. The highest BCUT2D eigenvalue weighted by Gasteiger charge is 2.30. The van der Waals surface area contributed by atoms with Gasteiger partial charge in [0.25, 0.3) is 0 Å². The second-order valence-corrected chi connectivity index (χ2v) is 9.52. The van der Waals surface area contributed by atoms with Crippen LogP contribution in [0.5, 0.6) is 0 Å². The zero-order valence-electron chi connectivity index (χ0n) is 17.6. The standard InChI is InChI=1S/C26H37N/c1-4-25-24(16-20-9-6-5-7-10-20)23(15-19(2)3)26(17-21-13-14-21)27(25)18-22-11-8-12-22/h5-7,9-10,19,21-22H,4,8,11-18H2,1-3H3. The lowest BCUT2D eigenvalue weighted by Crippen LogP contribution is -2.21. The number of aromatic nitrogens is 1. The minimum Gasteiger partial charge on any atom is -0.348 e. The summed E-state index contributed by atoms with van der Waals surface area (Å²) in [6.07, 6.45) is 12.1. The van der Waals surface area contributed by atoms with Crippen LogP contribution in [-0.4, -0.2) is 4.57 Å². The molecule has 0 radical (unpaired) electrons. The quantitative estimate of drug-likeness (QED) is 0.473. The van der Waals surface area contributed by atoms with Gasteiger partial charge < -0.3 is 4.57 Å². The maximum absolute atomic E-state index is 2.82. The molecule has 1 aromatic heterocycles. The van der Waals surface area contributed by atoms with E-state index < -0.39 is 0 Å². The summed E-state index contributed by atoms with van der Waals surface area (Å²) in [5, 5.41) is 0. The number of benzene rings is 1. The zero-order valence-corrected chi connectivity index (χ0v) is 17.6. The number of hydrogen-bond acceptors (Lipinski definition) is 0. The Labute approximate surface area is 166 Å². The normalized spacial score (nSPS) is 17.5. The van der Waals surface area contributed by atoms with E-state index in [2.05, 4.69) is 55.7 Å². The first-order valence-electron chi connectivity index (χ1n) is 11.4. The molecule has 0 unspecified atom stereocenters. The van der Waals surface area contributed by atoms with Crippen LogP contribution >= 0.6 is 0 Å². The van der Waals surface area contributed by atoms with E-state index in [9.17, 15) is 0 Å². The summed E-state index contributed by atoms with van der Waals surface area (Å²) in [5.74, 6) is 2.61. The summed E-state index contributed by atoms with van der Waals surface area (Å²) >= 11 is 0. The van der Waals surface area contributed by atoms with Gasteiger partial charge in [0.1, 0.15) is 0 Å². The van der Waals surface area contributed by atoms with Crippen LogP contribution in [0.15, 0.2) is 30.3 Å². The molecule has 0 amide bonds. The van der Waals surface area contributed by atoms with Crippen LogP contribution in [0, 0.1) is 17.8 Å². The van der Waals surface area contributed by atoms with E-state index in [0.29, 0.717) is 0 Å². The number of nitrogens with zero attached hydrogens (tertiary/aromatic N) is 1. The highest BCUT2D eigenvalue weighted by atomic mass is 15.0. The van der Waals surface area contributed by atoms with Gasteiger partial charge in [0, 0.05) is 17.9 Å². The molecule has 2 aliphatic rings. The molecule has 27 heavy (non-hydrogen) atoms. The Bertz CT molecular complexity index is 744. The average molecular weight is 364 g/mol. The molecule has 4 rings (SSSR count). The van der Waals surface area contributed by atoms with Crippen molar-refractivity contribution in [2.45, 2.75) is 85.1 Å². The highest BCUT2D eigenvalue weighted by molar-refractivity contribution is 5.43. The molecular weight excluding hydrogens is 326 g/mol. The lowest BCUT2D eigenvalue weighted by molar-refractivity contribution is 0.271. The molecular formula is C26H37N. The van der Waals surface area contributed by atoms with E-state index in [1.807, 2.05) is 0 Å². The van der Waals surface area contributed by atoms with Gasteiger partial charge in [-0.25, -0.2) is 0 Å². The van der Waals surface area contributed by atoms with Gasteiger partial charge in [-0.15, -0.1) is 0 Å². The molecule has 0 spiro atoms. The molecule has 1 heterocycles. The van der Waals surface area contributed by atoms with E-state index in [-0.39, 0.29) is 0 Å². The highest BCUT2D eigenvalue weighted by Crippen LogP contribution is 2.39. The van der Waals surface area contributed by atoms with E-state index in [4.69, 9.17) is 0 Å². The predicted octanol–water partition coefficient (Wildman–Crippen LogP) is 6.59. The van der Waals surface area contributed by atoms with Gasteiger partial charge >= 0.3 is 0 Å². The monoisotopic (exact) mass is 363 g/mol. The Kier molecular flexibility index (Phi) is 5.76. The first kappa shape index (κ1) is 18.8. The van der Waals surface area contributed by atoms with Gasteiger partial charge in [0.05, 0.1) is 0 Å². The third kappa shape index (κ3) is 4.33. The summed E-state index contributed by atoms with van der Waals surface area (Å²) in [6.45, 7) is 8.44. The Morgan fingerprint density at radius 2 is 1.67 bits per heavy atom. The van der Waals surface area contributed by atoms with Crippen molar-refractivity contribution in [2.24, 2.45) is 17.8 Å². The summed E-state index contributed by atoms with van der Waals surface area (Å²) < 4.78 is 2.82. The van der Waals surface area contributed by atoms with Crippen LogP contribution in [0.2, 0.25) is 0 Å². The van der Waals surface area contributed by atoms with Gasteiger partial charge in [0.2, 0.25) is 0 Å². The van der Waals surface area contributed by atoms with E-state index in [1.54, 1.807) is 22.5 Å². The second kappa shape index (κ2) is 8.25. The Balaban J connectivity index is 1.77. The molecule has 146 valence electrons. The maximum atomic E-state index is 2.82. The fourth-order valence-electron chi connectivity index (χ4n) is 4.88. The number of hydrogen-bond donors (Lipinski definition) is 0. The maximum Gasteiger partial charge on any atom is 0.0253 e. The summed E-state index contributed by atoms with van der Waals surface area (Å²) in [5.41, 5.74) is 8.23. The molecule has 0 aliphatic heterocycles. The third-order valence-electron chi connectivity index (χ3n) is 6.73. The Morgan fingerprint density at radius 1 is 0.926 bits per heavy atom. The number of rotatable bonds is 9. The van der Waals surface area contributed by atoms with Crippen LogP contribution in [-0.2, 0) is 32.2 Å². The molecule has 0 saturated heterocycles. The summed E-state index contributed by atoms with van der Waals surface area (Å²) in [6, 6.07) is 11.1. The van der Waals surface area contributed by atoms with Crippen molar-refractivity contribution in [3.05, 3.63) is 58.4 Å². The Hall–Kier alpha value is -1.50. The first-order valence-corrected chi connectivity index (χ1v) is 11.4. The fourth-order valence-corrected chi connectivity index (χ4v) is 4.88. The van der Waals surface area contributed by atoms with Gasteiger partial charge in [-0.05, 0) is 85.8 Å². The average Bonchev–Trinajstić information content (AvgIpc) is 3.39. The van der Waals surface area contributed by atoms with Gasteiger partial charge in [-0.2, -0.15) is 0 Å². The lowest BCUT2D eigenvalue weighted by Gasteiger charge is -2.28. The van der Waals surface area contributed by atoms with Crippen molar-refractivity contribution in [1.29, 1.82) is 0 Å². The van der Waals surface area contributed by atoms with Crippen LogP contribution in [0.1, 0.15) is 81.0 Å². The molecule has 0 atom stereocenters. The topological polar surface area (TPSA) is 4.93 Å². The van der Waals surface area contributed by atoms with Gasteiger partial charge in [-0.1, -0.05) is 57.5 Å². The van der Waals surface area contributed by atoms with Crippen LogP contribution < -0.4 is 0 Å². The molecule has 2 aliphatic carbocycles. The fraction of sp³-hybridized carbons (Fsp3) is 0.615. The van der Waals surface area contributed by atoms with Gasteiger partial charge in [0.15, 0.2) is 0 Å². The first-order chi connectivity index (χ1) is 13.2. The van der Waals surface area contributed by atoms with Crippen molar-refractivity contribution >= 4 is 0 Å².